The van der Waals surface area contributed by atoms with E-state index >= 15 is 0 Å². The topological polar surface area (TPSA) is 86.3 Å². The smallest absolute Gasteiger partial charge is 0.326 e. The van der Waals surface area contributed by atoms with Gasteiger partial charge in [-0.2, -0.15) is 5.10 Å². The highest BCUT2D eigenvalue weighted by molar-refractivity contribution is 6.06. The van der Waals surface area contributed by atoms with Crippen molar-refractivity contribution in [1.82, 2.24) is 15.1 Å². The Morgan fingerprint density at radius 3 is 3.00 bits per heavy atom. The highest BCUT2D eigenvalue weighted by atomic mass is 16.4. The third kappa shape index (κ3) is 1.93. The summed E-state index contributed by atoms with van der Waals surface area (Å²) < 4.78 is 0. The number of hydrogen-bond donors (Lipinski definition) is 2. The number of H-pyrrole nitrogens is 1. The van der Waals surface area contributed by atoms with E-state index < -0.39 is 12.0 Å². The first kappa shape index (κ1) is 12.7. The van der Waals surface area contributed by atoms with E-state index in [0.717, 1.165) is 16.5 Å². The predicted molar refractivity (Wildman–Crippen MR) is 72.5 cm³/mol. The molecule has 1 atom stereocenters. The van der Waals surface area contributed by atoms with Crippen LogP contribution < -0.4 is 0 Å². The Hall–Kier alpha value is -2.37. The number of amides is 1. The number of fused-ring (bicyclic) bond motifs is 1. The standard InChI is InChI=1S/C14H15N3O3/c1-8-4-5-10-9(7-8)12(16-15-10)13(18)17-6-2-3-11(17)14(19)20/h4-5,7,11H,2-3,6H2,1H3,(H,15,16)(H,19,20)/t11-/m1/s1. The molecule has 20 heavy (non-hydrogen) atoms. The van der Waals surface area contributed by atoms with Crippen molar-refractivity contribution >= 4 is 22.8 Å². The van der Waals surface area contributed by atoms with Crippen molar-refractivity contribution < 1.29 is 14.7 Å². The van der Waals surface area contributed by atoms with Gasteiger partial charge in [0.25, 0.3) is 5.91 Å². The maximum atomic E-state index is 12.5. The van der Waals surface area contributed by atoms with Gasteiger partial charge in [0, 0.05) is 11.9 Å². The van der Waals surface area contributed by atoms with Gasteiger partial charge in [0.15, 0.2) is 5.69 Å². The van der Waals surface area contributed by atoms with Gasteiger partial charge in [0.1, 0.15) is 6.04 Å². The minimum Gasteiger partial charge on any atom is -0.480 e. The molecule has 0 bridgehead atoms. The fourth-order valence-electron chi connectivity index (χ4n) is 2.69. The molecule has 2 heterocycles. The third-order valence-electron chi connectivity index (χ3n) is 3.72. The molecule has 1 fully saturated rings. The number of nitrogens with zero attached hydrogens (tertiary/aromatic N) is 2. The largest absolute Gasteiger partial charge is 0.480 e. The second-order valence-electron chi connectivity index (χ2n) is 5.12. The number of carboxylic acids is 1. The monoisotopic (exact) mass is 273 g/mol. The van der Waals surface area contributed by atoms with Gasteiger partial charge in [-0.25, -0.2) is 4.79 Å². The van der Waals surface area contributed by atoms with Crippen LogP contribution in [0, 0.1) is 6.92 Å². The van der Waals surface area contributed by atoms with Crippen LogP contribution >= 0.6 is 0 Å². The summed E-state index contributed by atoms with van der Waals surface area (Å²) in [6, 6.07) is 4.95. The number of carbonyl (C=O) groups is 2. The molecule has 1 saturated heterocycles. The number of nitrogens with one attached hydrogen (secondary N) is 1. The average Bonchev–Trinajstić information content (AvgIpc) is 3.04. The number of aryl methyl sites for hydroxylation is 1. The molecule has 0 radical (unpaired) electrons. The van der Waals surface area contributed by atoms with Gasteiger partial charge in [-0.05, 0) is 31.9 Å². The van der Waals surface area contributed by atoms with Crippen LogP contribution in [0.15, 0.2) is 18.2 Å². The Bertz CT molecular complexity index is 692. The first-order chi connectivity index (χ1) is 9.58. The van der Waals surface area contributed by atoms with Crippen molar-refractivity contribution in [2.75, 3.05) is 6.54 Å². The van der Waals surface area contributed by atoms with Crippen molar-refractivity contribution in [1.29, 1.82) is 0 Å². The molecule has 104 valence electrons. The molecule has 1 aromatic heterocycles. The Kier molecular flexibility index (Phi) is 2.93. The highest BCUT2D eigenvalue weighted by Gasteiger charge is 2.35. The molecule has 2 aromatic rings. The van der Waals surface area contributed by atoms with Crippen LogP contribution in [0.1, 0.15) is 28.9 Å². The zero-order valence-electron chi connectivity index (χ0n) is 11.1. The van der Waals surface area contributed by atoms with Crippen LogP contribution in [0.5, 0.6) is 0 Å². The number of carbonyl (C=O) groups excluding carboxylic acids is 1. The van der Waals surface area contributed by atoms with Crippen molar-refractivity contribution in [3.05, 3.63) is 29.5 Å². The van der Waals surface area contributed by atoms with Crippen LogP contribution in [0.4, 0.5) is 0 Å². The third-order valence-corrected chi connectivity index (χ3v) is 3.72. The summed E-state index contributed by atoms with van der Waals surface area (Å²) >= 11 is 0. The van der Waals surface area contributed by atoms with Crippen LogP contribution in [0.3, 0.4) is 0 Å². The van der Waals surface area contributed by atoms with E-state index in [1.54, 1.807) is 0 Å². The highest BCUT2D eigenvalue weighted by Crippen LogP contribution is 2.24. The molecule has 1 aromatic carbocycles. The lowest BCUT2D eigenvalue weighted by molar-refractivity contribution is -0.141. The van der Waals surface area contributed by atoms with E-state index in [0.29, 0.717) is 25.1 Å². The van der Waals surface area contributed by atoms with Crippen molar-refractivity contribution in [2.45, 2.75) is 25.8 Å². The Morgan fingerprint density at radius 1 is 1.45 bits per heavy atom. The number of carboxylic acid groups (broad SMARTS) is 1. The second-order valence-corrected chi connectivity index (χ2v) is 5.12. The number of hydrogen-bond acceptors (Lipinski definition) is 3. The van der Waals surface area contributed by atoms with Gasteiger partial charge in [0.05, 0.1) is 5.52 Å². The molecule has 6 heteroatoms. The van der Waals surface area contributed by atoms with Crippen LogP contribution in [-0.2, 0) is 4.79 Å². The maximum Gasteiger partial charge on any atom is 0.326 e. The lowest BCUT2D eigenvalue weighted by Gasteiger charge is -2.20. The Balaban J connectivity index is 2.00. The van der Waals surface area contributed by atoms with Gasteiger partial charge < -0.3 is 10.0 Å². The summed E-state index contributed by atoms with van der Waals surface area (Å²) in [6.07, 6.45) is 1.21. The molecule has 6 nitrogen and oxygen atoms in total. The van der Waals surface area contributed by atoms with Crippen molar-refractivity contribution in [3.8, 4) is 0 Å². The predicted octanol–water partition coefficient (Wildman–Crippen LogP) is 1.56. The summed E-state index contributed by atoms with van der Waals surface area (Å²) in [5.41, 5.74) is 2.12. The van der Waals surface area contributed by atoms with Crippen molar-refractivity contribution in [2.24, 2.45) is 0 Å². The normalized spacial score (nSPS) is 18.6. The SMILES string of the molecule is Cc1ccc2[nH]nc(C(=O)N3CCC[C@@H]3C(=O)O)c2c1. The second kappa shape index (κ2) is 4.63. The molecule has 1 aliphatic rings. The van der Waals surface area contributed by atoms with E-state index in [4.69, 9.17) is 5.11 Å². The maximum absolute atomic E-state index is 12.5. The van der Waals surface area contributed by atoms with E-state index in [1.165, 1.54) is 4.90 Å². The van der Waals surface area contributed by atoms with Gasteiger partial charge in [0.2, 0.25) is 0 Å². The molecular formula is C14H15N3O3. The number of aliphatic carboxylic acids is 1. The number of rotatable bonds is 2. The molecule has 2 N–H and O–H groups in total. The zero-order chi connectivity index (χ0) is 14.3. The van der Waals surface area contributed by atoms with E-state index in [9.17, 15) is 9.59 Å². The minimum absolute atomic E-state index is 0.303. The molecule has 1 aliphatic heterocycles. The van der Waals surface area contributed by atoms with Crippen LogP contribution in [-0.4, -0.2) is 44.7 Å². The summed E-state index contributed by atoms with van der Waals surface area (Å²) in [6.45, 7) is 2.41. The van der Waals surface area contributed by atoms with Gasteiger partial charge in [-0.15, -0.1) is 0 Å². The molecule has 3 rings (SSSR count). The van der Waals surface area contributed by atoms with Gasteiger partial charge >= 0.3 is 5.97 Å². The number of benzene rings is 1. The minimum atomic E-state index is -0.952. The molecule has 1 amide bonds. The molecule has 0 aliphatic carbocycles. The Morgan fingerprint density at radius 2 is 2.25 bits per heavy atom. The number of aromatic nitrogens is 2. The van der Waals surface area contributed by atoms with Gasteiger partial charge in [-0.3, -0.25) is 9.89 Å². The lowest BCUT2D eigenvalue weighted by Crippen LogP contribution is -2.40. The summed E-state index contributed by atoms with van der Waals surface area (Å²) in [7, 11) is 0. The van der Waals surface area contributed by atoms with E-state index in [1.807, 2.05) is 25.1 Å². The first-order valence-electron chi connectivity index (χ1n) is 6.56. The molecule has 0 spiro atoms. The van der Waals surface area contributed by atoms with Crippen molar-refractivity contribution in [3.63, 3.8) is 0 Å². The molecule has 0 saturated carbocycles. The lowest BCUT2D eigenvalue weighted by atomic mass is 10.1. The fourth-order valence-corrected chi connectivity index (χ4v) is 2.69. The summed E-state index contributed by atoms with van der Waals surface area (Å²) in [5.74, 6) is -1.27. The van der Waals surface area contributed by atoms with Crippen LogP contribution in [0.25, 0.3) is 10.9 Å². The first-order valence-corrected chi connectivity index (χ1v) is 6.56. The van der Waals surface area contributed by atoms with Gasteiger partial charge in [-0.1, -0.05) is 11.6 Å². The summed E-state index contributed by atoms with van der Waals surface area (Å²) in [4.78, 5) is 25.1. The number of likely N-dealkylation sites (tertiary alicyclic amines) is 1. The van der Waals surface area contributed by atoms with E-state index in [2.05, 4.69) is 10.2 Å². The quantitative estimate of drug-likeness (QED) is 0.869. The summed E-state index contributed by atoms with van der Waals surface area (Å²) in [5, 5.41) is 16.8. The number of aromatic amines is 1. The molecular weight excluding hydrogens is 258 g/mol. The fraction of sp³-hybridized carbons (Fsp3) is 0.357. The molecule has 0 unspecified atom stereocenters. The van der Waals surface area contributed by atoms with E-state index in [-0.39, 0.29) is 5.91 Å². The Labute approximate surface area is 115 Å². The average molecular weight is 273 g/mol. The zero-order valence-corrected chi connectivity index (χ0v) is 11.1. The van der Waals surface area contributed by atoms with Crippen LogP contribution in [0.2, 0.25) is 0 Å².